The second-order valence-electron chi connectivity index (χ2n) is 5.96. The van der Waals surface area contributed by atoms with Crippen molar-refractivity contribution in [3.8, 4) is 0 Å². The van der Waals surface area contributed by atoms with Crippen molar-refractivity contribution >= 4 is 0 Å². The van der Waals surface area contributed by atoms with Crippen LogP contribution in [0, 0.1) is 5.92 Å². The van der Waals surface area contributed by atoms with Gasteiger partial charge in [-0.05, 0) is 19.2 Å². The molecule has 1 heterocycles. The van der Waals surface area contributed by atoms with Crippen molar-refractivity contribution in [3.05, 3.63) is 35.9 Å². The third kappa shape index (κ3) is 3.10. The van der Waals surface area contributed by atoms with Crippen LogP contribution in [0.15, 0.2) is 30.3 Å². The van der Waals surface area contributed by atoms with Crippen LogP contribution in [0.5, 0.6) is 0 Å². The first-order valence-corrected chi connectivity index (χ1v) is 6.54. The first kappa shape index (κ1) is 13.9. The summed E-state index contributed by atoms with van der Waals surface area (Å²) in [5, 5.41) is 11.5. The van der Waals surface area contributed by atoms with E-state index in [1.54, 1.807) is 10.8 Å². The Morgan fingerprint density at radius 1 is 1.42 bits per heavy atom. The highest BCUT2D eigenvalue weighted by Crippen LogP contribution is 2.28. The number of hydrogen-bond acceptors (Lipinski definition) is 3. The van der Waals surface area contributed by atoms with E-state index in [-0.39, 0.29) is 23.2 Å². The molecule has 19 heavy (non-hydrogen) atoms. The molecule has 0 bridgehead atoms. The average Bonchev–Trinajstić information content (AvgIpc) is 2.80. The van der Waals surface area contributed by atoms with Crippen LogP contribution >= 0.6 is 0 Å². The van der Waals surface area contributed by atoms with Gasteiger partial charge in [-0.3, -0.25) is 0 Å². The molecule has 0 aromatic carbocycles. The van der Waals surface area contributed by atoms with E-state index in [1.165, 1.54) is 6.08 Å². The summed E-state index contributed by atoms with van der Waals surface area (Å²) in [7, 11) is 1.89. The number of rotatable bonds is 3. The number of nitrogens with one attached hydrogen (secondary N) is 1. The average molecular weight is 264 g/mol. The van der Waals surface area contributed by atoms with Gasteiger partial charge in [0.05, 0.1) is 11.7 Å². The molecule has 104 valence electrons. The van der Waals surface area contributed by atoms with Crippen LogP contribution < -0.4 is 5.32 Å². The molecule has 0 saturated carbocycles. The van der Waals surface area contributed by atoms with E-state index in [0.717, 1.165) is 12.2 Å². The van der Waals surface area contributed by atoms with Crippen LogP contribution in [0.1, 0.15) is 32.5 Å². The van der Waals surface area contributed by atoms with E-state index in [4.69, 9.17) is 0 Å². The molecule has 0 saturated heterocycles. The van der Waals surface area contributed by atoms with E-state index >= 15 is 0 Å². The fourth-order valence-electron chi connectivity index (χ4n) is 2.13. The van der Waals surface area contributed by atoms with Gasteiger partial charge >= 0.3 is 0 Å². The van der Waals surface area contributed by atoms with Gasteiger partial charge in [0.15, 0.2) is 0 Å². The fourth-order valence-corrected chi connectivity index (χ4v) is 2.13. The summed E-state index contributed by atoms with van der Waals surface area (Å²) in [5.41, 5.74) is 0.864. The Hall–Kier alpha value is -1.49. The van der Waals surface area contributed by atoms with Gasteiger partial charge in [-0.15, -0.1) is 5.10 Å². The monoisotopic (exact) mass is 264 g/mol. The molecule has 0 radical (unpaired) electrons. The molecule has 0 spiro atoms. The highest BCUT2D eigenvalue weighted by atomic mass is 19.1. The molecule has 1 N–H and O–H groups in total. The Morgan fingerprint density at radius 3 is 2.74 bits per heavy atom. The van der Waals surface area contributed by atoms with E-state index < -0.39 is 0 Å². The smallest absolute Gasteiger partial charge is 0.121 e. The van der Waals surface area contributed by atoms with Crippen LogP contribution in [-0.4, -0.2) is 28.6 Å². The molecule has 1 aliphatic carbocycles. The van der Waals surface area contributed by atoms with Crippen LogP contribution in [0.25, 0.3) is 0 Å². The van der Waals surface area contributed by atoms with Gasteiger partial charge in [-0.25, -0.2) is 9.07 Å². The van der Waals surface area contributed by atoms with Crippen molar-refractivity contribution in [1.29, 1.82) is 0 Å². The molecule has 2 unspecified atom stereocenters. The number of nitrogens with zero attached hydrogens (tertiary/aromatic N) is 3. The molecule has 0 amide bonds. The minimum absolute atomic E-state index is 0.0521. The maximum atomic E-state index is 13.5. The van der Waals surface area contributed by atoms with Crippen molar-refractivity contribution in [2.24, 2.45) is 5.92 Å². The molecule has 4 nitrogen and oxygen atoms in total. The Kier molecular flexibility index (Phi) is 3.85. The lowest BCUT2D eigenvalue weighted by atomic mass is 9.92. The predicted molar refractivity (Wildman–Crippen MR) is 73.5 cm³/mol. The van der Waals surface area contributed by atoms with Crippen LogP contribution in [0.2, 0.25) is 0 Å². The Morgan fingerprint density at radius 2 is 2.16 bits per heavy atom. The molecule has 5 heteroatoms. The summed E-state index contributed by atoms with van der Waals surface area (Å²) < 4.78 is 15.2. The maximum Gasteiger partial charge on any atom is 0.121 e. The molecule has 2 atom stereocenters. The van der Waals surface area contributed by atoms with E-state index in [2.05, 4.69) is 36.4 Å². The molecule has 1 aromatic rings. The second kappa shape index (κ2) is 5.25. The van der Waals surface area contributed by atoms with Crippen molar-refractivity contribution in [1.82, 2.24) is 20.3 Å². The van der Waals surface area contributed by atoms with Gasteiger partial charge in [0.2, 0.25) is 0 Å². The van der Waals surface area contributed by atoms with Gasteiger partial charge in [-0.2, -0.15) is 0 Å². The lowest BCUT2D eigenvalue weighted by Gasteiger charge is -2.24. The minimum Gasteiger partial charge on any atom is -0.319 e. The number of aromatic nitrogens is 3. The largest absolute Gasteiger partial charge is 0.319 e. The van der Waals surface area contributed by atoms with Gasteiger partial charge in [0.25, 0.3) is 0 Å². The summed E-state index contributed by atoms with van der Waals surface area (Å²) in [6.45, 7) is 7.03. The zero-order chi connectivity index (χ0) is 14.0. The van der Waals surface area contributed by atoms with E-state index in [1.807, 2.05) is 19.3 Å². The molecular formula is C14H21FN4. The van der Waals surface area contributed by atoms with Gasteiger partial charge in [-0.1, -0.05) is 32.1 Å². The minimum atomic E-state index is -0.217. The number of hydrogen-bond donors (Lipinski definition) is 1. The lowest BCUT2D eigenvalue weighted by Crippen LogP contribution is -2.27. The standard InChI is InChI=1S/C14H21FN4/c1-14(2,3)13-9-19(18-17-13)12-7-11(15)6-5-10(12)8-16-4/h5-7,9-10,12,16H,8H2,1-4H3. The molecule has 1 aromatic heterocycles. The molecule has 1 aliphatic rings. The van der Waals surface area contributed by atoms with Crippen LogP contribution in [0.3, 0.4) is 0 Å². The topological polar surface area (TPSA) is 42.7 Å². The summed E-state index contributed by atoms with van der Waals surface area (Å²) >= 11 is 0. The van der Waals surface area contributed by atoms with Gasteiger partial charge in [0, 0.05) is 24.1 Å². The third-order valence-electron chi connectivity index (χ3n) is 3.30. The molecule has 0 fully saturated rings. The summed E-state index contributed by atoms with van der Waals surface area (Å²) in [5.74, 6) is -0.0378. The normalized spacial score (nSPS) is 23.5. The fraction of sp³-hybridized carbons (Fsp3) is 0.571. The van der Waals surface area contributed by atoms with Crippen molar-refractivity contribution in [2.45, 2.75) is 32.2 Å². The maximum absolute atomic E-state index is 13.5. The molecule has 0 aliphatic heterocycles. The van der Waals surface area contributed by atoms with Crippen molar-refractivity contribution in [2.75, 3.05) is 13.6 Å². The number of allylic oxidation sites excluding steroid dienone is 3. The van der Waals surface area contributed by atoms with E-state index in [9.17, 15) is 4.39 Å². The Labute approximate surface area is 113 Å². The second-order valence-corrected chi connectivity index (χ2v) is 5.96. The first-order valence-electron chi connectivity index (χ1n) is 6.54. The molecular weight excluding hydrogens is 243 g/mol. The van der Waals surface area contributed by atoms with Crippen LogP contribution in [-0.2, 0) is 5.41 Å². The predicted octanol–water partition coefficient (Wildman–Crippen LogP) is 2.38. The highest BCUT2D eigenvalue weighted by Gasteiger charge is 2.25. The lowest BCUT2D eigenvalue weighted by molar-refractivity contribution is 0.390. The SMILES string of the molecule is CNCC1C=CC(F)=CC1n1cc(C(C)(C)C)nn1. The van der Waals surface area contributed by atoms with Crippen LogP contribution in [0.4, 0.5) is 4.39 Å². The zero-order valence-electron chi connectivity index (χ0n) is 11.9. The van der Waals surface area contributed by atoms with Crippen molar-refractivity contribution in [3.63, 3.8) is 0 Å². The Bertz CT molecular complexity index is 496. The van der Waals surface area contributed by atoms with Gasteiger partial charge in [0.1, 0.15) is 5.83 Å². The van der Waals surface area contributed by atoms with Crippen molar-refractivity contribution < 1.29 is 4.39 Å². The Balaban J connectivity index is 2.28. The third-order valence-corrected chi connectivity index (χ3v) is 3.30. The summed E-state index contributed by atoms with van der Waals surface area (Å²) in [4.78, 5) is 0. The first-order chi connectivity index (χ1) is 8.91. The quantitative estimate of drug-likeness (QED) is 0.911. The highest BCUT2D eigenvalue weighted by molar-refractivity contribution is 5.22. The summed E-state index contributed by atoms with van der Waals surface area (Å²) in [6, 6.07) is -0.124. The number of halogens is 1. The zero-order valence-corrected chi connectivity index (χ0v) is 11.9. The summed E-state index contributed by atoms with van der Waals surface area (Å²) in [6.07, 6.45) is 6.91. The van der Waals surface area contributed by atoms with Gasteiger partial charge < -0.3 is 5.32 Å². The molecule has 2 rings (SSSR count). The van der Waals surface area contributed by atoms with E-state index in [0.29, 0.717) is 0 Å².